The van der Waals surface area contributed by atoms with E-state index in [9.17, 15) is 9.90 Å². The molecule has 5 heteroatoms. The predicted molar refractivity (Wildman–Crippen MR) is 77.4 cm³/mol. The number of fused-ring (bicyclic) bond motifs is 1. The van der Waals surface area contributed by atoms with Crippen LogP contribution in [0.4, 0.5) is 0 Å². The Labute approximate surface area is 117 Å². The number of aromatic nitrogens is 2. The summed E-state index contributed by atoms with van der Waals surface area (Å²) in [6.07, 6.45) is 5.26. The summed E-state index contributed by atoms with van der Waals surface area (Å²) in [5.41, 5.74) is 1.50. The summed E-state index contributed by atoms with van der Waals surface area (Å²) < 4.78 is 2.10. The normalized spacial score (nSPS) is 18.4. The Morgan fingerprint density at radius 2 is 2.10 bits per heavy atom. The third-order valence-corrected chi connectivity index (χ3v) is 4.36. The monoisotopic (exact) mass is 273 g/mol. The van der Waals surface area contributed by atoms with Crippen LogP contribution in [0.25, 0.3) is 10.9 Å². The molecular weight excluding hydrogens is 254 g/mol. The largest absolute Gasteiger partial charge is 0.481 e. The molecule has 0 aliphatic carbocycles. The van der Waals surface area contributed by atoms with Gasteiger partial charge in [-0.2, -0.15) is 0 Å². The Morgan fingerprint density at radius 3 is 2.75 bits per heavy atom. The van der Waals surface area contributed by atoms with Gasteiger partial charge < -0.3 is 10.1 Å². The summed E-state index contributed by atoms with van der Waals surface area (Å²) in [7, 11) is 0. The van der Waals surface area contributed by atoms with Crippen molar-refractivity contribution in [3.63, 3.8) is 0 Å². The Kier molecular flexibility index (Phi) is 2.92. The number of carboxylic acids is 1. The van der Waals surface area contributed by atoms with Crippen LogP contribution in [-0.4, -0.2) is 33.8 Å². The average molecular weight is 273 g/mol. The third kappa shape index (κ3) is 2.03. The smallest absolute Gasteiger partial charge is 0.309 e. The standard InChI is InChI=1S/C15H19N3O2/c1-11-9-12-3-6-18(13(12)10-16-11)17-7-4-15(2,5-8-17)14(19)20/h3,6,9-10H,4-5,7-8H2,1-2H3,(H,19,20). The van der Waals surface area contributed by atoms with Crippen molar-refractivity contribution in [1.82, 2.24) is 9.66 Å². The fraction of sp³-hybridized carbons (Fsp3) is 0.467. The fourth-order valence-corrected chi connectivity index (χ4v) is 2.79. The van der Waals surface area contributed by atoms with Gasteiger partial charge in [0.25, 0.3) is 0 Å². The number of rotatable bonds is 2. The lowest BCUT2D eigenvalue weighted by molar-refractivity contribution is -0.149. The minimum Gasteiger partial charge on any atom is -0.481 e. The Bertz CT molecular complexity index is 654. The van der Waals surface area contributed by atoms with Crippen LogP contribution in [0.2, 0.25) is 0 Å². The first kappa shape index (κ1) is 13.0. The number of carboxylic acid groups (broad SMARTS) is 1. The molecule has 1 fully saturated rings. The molecule has 0 spiro atoms. The van der Waals surface area contributed by atoms with Gasteiger partial charge >= 0.3 is 5.97 Å². The van der Waals surface area contributed by atoms with E-state index < -0.39 is 11.4 Å². The molecule has 2 aromatic rings. The number of nitrogens with zero attached hydrogens (tertiary/aromatic N) is 3. The summed E-state index contributed by atoms with van der Waals surface area (Å²) in [6.45, 7) is 5.32. The summed E-state index contributed by atoms with van der Waals surface area (Å²) in [5.74, 6) is -0.688. The minimum atomic E-state index is -0.688. The van der Waals surface area contributed by atoms with Crippen molar-refractivity contribution in [3.8, 4) is 0 Å². The SMILES string of the molecule is Cc1cc2ccn(N3CCC(C)(C(=O)O)CC3)c2cn1. The summed E-state index contributed by atoms with van der Waals surface area (Å²) in [5, 5.41) is 12.7. The van der Waals surface area contributed by atoms with E-state index >= 15 is 0 Å². The van der Waals surface area contributed by atoms with Gasteiger partial charge in [0.2, 0.25) is 0 Å². The van der Waals surface area contributed by atoms with Crippen molar-refractivity contribution >= 4 is 16.9 Å². The van der Waals surface area contributed by atoms with Gasteiger partial charge in [0, 0.05) is 30.4 Å². The molecule has 3 heterocycles. The highest BCUT2D eigenvalue weighted by Gasteiger charge is 2.37. The summed E-state index contributed by atoms with van der Waals surface area (Å²) in [6, 6.07) is 4.14. The van der Waals surface area contributed by atoms with Crippen LogP contribution < -0.4 is 5.01 Å². The predicted octanol–water partition coefficient (Wildman–Crippen LogP) is 2.17. The molecule has 0 unspecified atom stereocenters. The number of carbonyl (C=O) groups is 1. The van der Waals surface area contributed by atoms with Gasteiger partial charge in [-0.15, -0.1) is 0 Å². The van der Waals surface area contributed by atoms with E-state index in [0.717, 1.165) is 24.3 Å². The maximum atomic E-state index is 11.3. The molecule has 5 nitrogen and oxygen atoms in total. The van der Waals surface area contributed by atoms with Gasteiger partial charge in [-0.25, -0.2) is 0 Å². The maximum absolute atomic E-state index is 11.3. The lowest BCUT2D eigenvalue weighted by Gasteiger charge is -2.38. The number of hydrogen-bond donors (Lipinski definition) is 1. The van der Waals surface area contributed by atoms with Gasteiger partial charge in [0.05, 0.1) is 17.1 Å². The quantitative estimate of drug-likeness (QED) is 0.911. The number of pyridine rings is 1. The van der Waals surface area contributed by atoms with Gasteiger partial charge in [-0.3, -0.25) is 14.5 Å². The molecule has 1 aliphatic heterocycles. The highest BCUT2D eigenvalue weighted by Crippen LogP contribution is 2.31. The van der Waals surface area contributed by atoms with E-state index in [-0.39, 0.29) is 0 Å². The second kappa shape index (κ2) is 4.51. The van der Waals surface area contributed by atoms with E-state index in [1.165, 1.54) is 5.39 Å². The fourth-order valence-electron chi connectivity index (χ4n) is 2.79. The molecule has 106 valence electrons. The molecular formula is C15H19N3O2. The van der Waals surface area contributed by atoms with Crippen LogP contribution >= 0.6 is 0 Å². The lowest BCUT2D eigenvalue weighted by atomic mass is 9.81. The highest BCUT2D eigenvalue weighted by molar-refractivity contribution is 5.80. The van der Waals surface area contributed by atoms with E-state index in [2.05, 4.69) is 26.8 Å². The molecule has 0 bridgehead atoms. The van der Waals surface area contributed by atoms with Crippen LogP contribution in [0.3, 0.4) is 0 Å². The van der Waals surface area contributed by atoms with Crippen molar-refractivity contribution in [1.29, 1.82) is 0 Å². The molecule has 0 saturated carbocycles. The zero-order valence-corrected chi connectivity index (χ0v) is 11.8. The van der Waals surface area contributed by atoms with Crippen molar-refractivity contribution in [2.45, 2.75) is 26.7 Å². The topological polar surface area (TPSA) is 58.4 Å². The molecule has 0 atom stereocenters. The molecule has 0 amide bonds. The average Bonchev–Trinajstić information content (AvgIpc) is 2.82. The molecule has 3 rings (SSSR count). The molecule has 2 aromatic heterocycles. The zero-order chi connectivity index (χ0) is 14.3. The van der Waals surface area contributed by atoms with Crippen LogP contribution in [0.5, 0.6) is 0 Å². The Morgan fingerprint density at radius 1 is 1.40 bits per heavy atom. The number of aryl methyl sites for hydroxylation is 1. The molecule has 1 N–H and O–H groups in total. The van der Waals surface area contributed by atoms with Crippen LogP contribution in [0, 0.1) is 12.3 Å². The summed E-state index contributed by atoms with van der Waals surface area (Å²) in [4.78, 5) is 15.6. The van der Waals surface area contributed by atoms with Crippen molar-refractivity contribution in [3.05, 3.63) is 30.2 Å². The minimum absolute atomic E-state index is 0.589. The summed E-state index contributed by atoms with van der Waals surface area (Å²) >= 11 is 0. The first-order valence-corrected chi connectivity index (χ1v) is 6.92. The molecule has 0 radical (unpaired) electrons. The maximum Gasteiger partial charge on any atom is 0.309 e. The van der Waals surface area contributed by atoms with Gasteiger partial charge in [0.1, 0.15) is 0 Å². The van der Waals surface area contributed by atoms with Crippen LogP contribution in [-0.2, 0) is 4.79 Å². The number of piperidine rings is 1. The van der Waals surface area contributed by atoms with Gasteiger partial charge in [0.15, 0.2) is 0 Å². The van der Waals surface area contributed by atoms with E-state index in [4.69, 9.17) is 0 Å². The second-order valence-electron chi connectivity index (χ2n) is 5.86. The second-order valence-corrected chi connectivity index (χ2v) is 5.86. The van der Waals surface area contributed by atoms with E-state index in [1.807, 2.05) is 26.2 Å². The zero-order valence-electron chi connectivity index (χ0n) is 11.8. The Balaban J connectivity index is 1.85. The third-order valence-electron chi connectivity index (χ3n) is 4.36. The molecule has 20 heavy (non-hydrogen) atoms. The van der Waals surface area contributed by atoms with Gasteiger partial charge in [-0.1, -0.05) is 0 Å². The van der Waals surface area contributed by atoms with Crippen LogP contribution in [0.15, 0.2) is 24.5 Å². The first-order chi connectivity index (χ1) is 9.49. The lowest BCUT2D eigenvalue weighted by Crippen LogP contribution is -2.47. The van der Waals surface area contributed by atoms with Gasteiger partial charge in [-0.05, 0) is 38.8 Å². The highest BCUT2D eigenvalue weighted by atomic mass is 16.4. The van der Waals surface area contributed by atoms with Crippen molar-refractivity contribution < 1.29 is 9.90 Å². The van der Waals surface area contributed by atoms with E-state index in [1.54, 1.807) is 0 Å². The molecule has 1 saturated heterocycles. The van der Waals surface area contributed by atoms with Crippen molar-refractivity contribution in [2.24, 2.45) is 5.41 Å². The Hall–Kier alpha value is -2.04. The molecule has 1 aliphatic rings. The molecule has 0 aromatic carbocycles. The first-order valence-electron chi connectivity index (χ1n) is 6.92. The van der Waals surface area contributed by atoms with Crippen LogP contribution in [0.1, 0.15) is 25.5 Å². The van der Waals surface area contributed by atoms with Crippen molar-refractivity contribution in [2.75, 3.05) is 18.1 Å². The number of hydrogen-bond acceptors (Lipinski definition) is 3. The number of aliphatic carboxylic acids is 1. The van der Waals surface area contributed by atoms with E-state index in [0.29, 0.717) is 12.8 Å².